The van der Waals surface area contributed by atoms with Gasteiger partial charge in [-0.15, -0.1) is 0 Å². The first-order valence-electron chi connectivity index (χ1n) is 6.07. The second-order valence-electron chi connectivity index (χ2n) is 4.13. The van der Waals surface area contributed by atoms with Crippen LogP contribution in [-0.4, -0.2) is 29.5 Å². The van der Waals surface area contributed by atoms with Crippen molar-refractivity contribution in [2.75, 3.05) is 12.4 Å². The average molecular weight is 248 g/mol. The van der Waals surface area contributed by atoms with E-state index in [0.717, 1.165) is 31.4 Å². The molecule has 4 heteroatoms. The maximum atomic E-state index is 11.4. The molecule has 1 aliphatic carbocycles. The number of carbonyl (C=O) groups excluding carboxylic acids is 1. The molecule has 0 aromatic heterocycles. The Morgan fingerprint density at radius 3 is 2.38 bits per heavy atom. The van der Waals surface area contributed by atoms with E-state index in [1.54, 1.807) is 6.92 Å². The maximum absolute atomic E-state index is 11.4. The molecular weight excluding hydrogens is 224 g/mol. The molecule has 1 fully saturated rings. The molecule has 3 nitrogen and oxygen atoms in total. The van der Waals surface area contributed by atoms with Crippen LogP contribution in [0.3, 0.4) is 0 Å². The van der Waals surface area contributed by atoms with E-state index in [9.17, 15) is 4.79 Å². The summed E-state index contributed by atoms with van der Waals surface area (Å²) in [5.41, 5.74) is 0. The van der Waals surface area contributed by atoms with Gasteiger partial charge in [0.2, 0.25) is 0 Å². The van der Waals surface area contributed by atoms with Crippen molar-refractivity contribution in [1.82, 2.24) is 0 Å². The summed E-state index contributed by atoms with van der Waals surface area (Å²) in [4.78, 5) is 11.4. The molecular formula is C12H24O3S. The van der Waals surface area contributed by atoms with Crippen LogP contribution in [0.4, 0.5) is 0 Å². The minimum atomic E-state index is -0.549. The molecule has 0 radical (unpaired) electrons. The van der Waals surface area contributed by atoms with E-state index in [1.165, 1.54) is 6.42 Å². The number of thiol groups is 1. The van der Waals surface area contributed by atoms with Crippen molar-refractivity contribution in [3.63, 3.8) is 0 Å². The van der Waals surface area contributed by atoms with Gasteiger partial charge >= 0.3 is 5.97 Å². The van der Waals surface area contributed by atoms with E-state index >= 15 is 0 Å². The number of aliphatic hydroxyl groups is 1. The molecule has 1 N–H and O–H groups in total. The molecule has 96 valence electrons. The van der Waals surface area contributed by atoms with Crippen LogP contribution >= 0.6 is 12.6 Å². The molecule has 0 aliphatic heterocycles. The Bertz CT molecular complexity index is 177. The smallest absolute Gasteiger partial charge is 0.309 e. The van der Waals surface area contributed by atoms with Crippen LogP contribution < -0.4 is 0 Å². The fraction of sp³-hybridized carbons (Fsp3) is 0.917. The second kappa shape index (κ2) is 9.97. The molecule has 0 saturated heterocycles. The lowest BCUT2D eigenvalue weighted by Gasteiger charge is -2.20. The number of rotatable bonds is 3. The van der Waals surface area contributed by atoms with E-state index in [4.69, 9.17) is 9.84 Å². The SMILES string of the molecule is CC(O)COC(=O)C1CCCCC1.CCS. The first kappa shape index (κ1) is 15.8. The van der Waals surface area contributed by atoms with Crippen molar-refractivity contribution in [1.29, 1.82) is 0 Å². The highest BCUT2D eigenvalue weighted by Gasteiger charge is 2.22. The summed E-state index contributed by atoms with van der Waals surface area (Å²) in [6.45, 7) is 3.74. The van der Waals surface area contributed by atoms with Gasteiger partial charge in [-0.05, 0) is 25.5 Å². The standard InChI is InChI=1S/C10H18O3.C2H6S/c1-8(11)7-13-10(12)9-5-3-2-4-6-9;1-2-3/h8-9,11H,2-7H2,1H3;3H,2H2,1H3. The number of aliphatic hydroxyl groups excluding tert-OH is 1. The largest absolute Gasteiger partial charge is 0.463 e. The van der Waals surface area contributed by atoms with Crippen LogP contribution in [-0.2, 0) is 9.53 Å². The predicted molar refractivity (Wildman–Crippen MR) is 68.7 cm³/mol. The van der Waals surface area contributed by atoms with Crippen LogP contribution in [0.25, 0.3) is 0 Å². The molecule has 16 heavy (non-hydrogen) atoms. The fourth-order valence-electron chi connectivity index (χ4n) is 1.66. The topological polar surface area (TPSA) is 46.5 Å². The Morgan fingerprint density at radius 1 is 1.44 bits per heavy atom. The molecule has 1 aliphatic rings. The van der Waals surface area contributed by atoms with Crippen molar-refractivity contribution >= 4 is 18.6 Å². The lowest BCUT2D eigenvalue weighted by molar-refractivity contribution is -0.152. The summed E-state index contributed by atoms with van der Waals surface area (Å²) in [5, 5.41) is 8.92. The van der Waals surface area contributed by atoms with E-state index in [2.05, 4.69) is 12.6 Å². The van der Waals surface area contributed by atoms with E-state index in [0.29, 0.717) is 0 Å². The van der Waals surface area contributed by atoms with Crippen molar-refractivity contribution in [3.8, 4) is 0 Å². The number of carbonyl (C=O) groups is 1. The van der Waals surface area contributed by atoms with Gasteiger partial charge in [0.15, 0.2) is 0 Å². The Balaban J connectivity index is 0.000000673. The van der Waals surface area contributed by atoms with E-state index in [1.807, 2.05) is 6.92 Å². The third-order valence-electron chi connectivity index (χ3n) is 2.41. The molecule has 0 spiro atoms. The van der Waals surface area contributed by atoms with Crippen LogP contribution in [0.2, 0.25) is 0 Å². The summed E-state index contributed by atoms with van der Waals surface area (Å²) in [7, 11) is 0. The Kier molecular flexibility index (Phi) is 9.83. The summed E-state index contributed by atoms with van der Waals surface area (Å²) in [6.07, 6.45) is 4.87. The Morgan fingerprint density at radius 2 is 1.94 bits per heavy atom. The summed E-state index contributed by atoms with van der Waals surface area (Å²) in [5.74, 6) is 0.910. The molecule has 1 unspecified atom stereocenters. The molecule has 1 atom stereocenters. The van der Waals surface area contributed by atoms with Gasteiger partial charge in [-0.3, -0.25) is 4.79 Å². The molecule has 0 bridgehead atoms. The number of hydrogen-bond donors (Lipinski definition) is 2. The third-order valence-corrected chi connectivity index (χ3v) is 2.41. The van der Waals surface area contributed by atoms with Gasteiger partial charge in [0.1, 0.15) is 6.61 Å². The average Bonchev–Trinajstić information content (AvgIpc) is 2.28. The van der Waals surface area contributed by atoms with E-state index < -0.39 is 6.10 Å². The van der Waals surface area contributed by atoms with Gasteiger partial charge in [0, 0.05) is 0 Å². The van der Waals surface area contributed by atoms with E-state index in [-0.39, 0.29) is 18.5 Å². The zero-order valence-electron chi connectivity index (χ0n) is 10.3. The molecule has 1 rings (SSSR count). The van der Waals surface area contributed by atoms with Gasteiger partial charge in [0.25, 0.3) is 0 Å². The first-order chi connectivity index (χ1) is 7.61. The highest BCUT2D eigenvalue weighted by molar-refractivity contribution is 7.80. The van der Waals surface area contributed by atoms with Gasteiger partial charge < -0.3 is 9.84 Å². The Labute approximate surface area is 104 Å². The summed E-state index contributed by atoms with van der Waals surface area (Å²) >= 11 is 3.79. The van der Waals surface area contributed by atoms with Crippen molar-refractivity contribution in [2.45, 2.75) is 52.1 Å². The fourth-order valence-corrected chi connectivity index (χ4v) is 1.66. The normalized spacial score (nSPS) is 18.2. The minimum absolute atomic E-state index is 0.0903. The number of esters is 1. The monoisotopic (exact) mass is 248 g/mol. The van der Waals surface area contributed by atoms with Crippen LogP contribution in [0.5, 0.6) is 0 Å². The van der Waals surface area contributed by atoms with Crippen molar-refractivity contribution in [3.05, 3.63) is 0 Å². The molecule has 0 heterocycles. The maximum Gasteiger partial charge on any atom is 0.309 e. The van der Waals surface area contributed by atoms with Crippen LogP contribution in [0.15, 0.2) is 0 Å². The highest BCUT2D eigenvalue weighted by atomic mass is 32.1. The predicted octanol–water partition coefficient (Wildman–Crippen LogP) is 2.43. The quantitative estimate of drug-likeness (QED) is 0.595. The molecule has 0 amide bonds. The third kappa shape index (κ3) is 7.99. The van der Waals surface area contributed by atoms with Gasteiger partial charge in [-0.25, -0.2) is 0 Å². The van der Waals surface area contributed by atoms with Crippen LogP contribution in [0, 0.1) is 5.92 Å². The Hall–Kier alpha value is -0.220. The van der Waals surface area contributed by atoms with Crippen LogP contribution in [0.1, 0.15) is 46.0 Å². The summed E-state index contributed by atoms with van der Waals surface area (Å²) < 4.78 is 4.95. The van der Waals surface area contributed by atoms with Gasteiger partial charge in [0.05, 0.1) is 12.0 Å². The van der Waals surface area contributed by atoms with Gasteiger partial charge in [-0.1, -0.05) is 26.2 Å². The highest BCUT2D eigenvalue weighted by Crippen LogP contribution is 2.24. The number of hydrogen-bond acceptors (Lipinski definition) is 4. The zero-order valence-corrected chi connectivity index (χ0v) is 11.2. The van der Waals surface area contributed by atoms with Crippen molar-refractivity contribution < 1.29 is 14.6 Å². The number of ether oxygens (including phenoxy) is 1. The molecule has 0 aromatic carbocycles. The lowest BCUT2D eigenvalue weighted by atomic mass is 9.89. The molecule has 0 aromatic rings. The summed E-state index contributed by atoms with van der Waals surface area (Å²) in [6, 6.07) is 0. The zero-order chi connectivity index (χ0) is 12.4. The molecule has 1 saturated carbocycles. The second-order valence-corrected chi connectivity index (χ2v) is 4.76. The van der Waals surface area contributed by atoms with Crippen molar-refractivity contribution in [2.24, 2.45) is 5.92 Å². The first-order valence-corrected chi connectivity index (χ1v) is 6.70. The van der Waals surface area contributed by atoms with Gasteiger partial charge in [-0.2, -0.15) is 12.6 Å². The lowest BCUT2D eigenvalue weighted by Crippen LogP contribution is -2.23. The minimum Gasteiger partial charge on any atom is -0.463 e.